The summed E-state index contributed by atoms with van der Waals surface area (Å²) in [6.45, 7) is 2.31. The maximum atomic E-state index is 12.1. The topological polar surface area (TPSA) is 83.1 Å². The number of anilines is 1. The molecule has 1 aromatic heterocycles. The third-order valence-electron chi connectivity index (χ3n) is 3.55. The Morgan fingerprint density at radius 2 is 2.04 bits per heavy atom. The van der Waals surface area contributed by atoms with Crippen molar-refractivity contribution in [1.29, 1.82) is 0 Å². The molecular weight excluding hydrogens is 346 g/mol. The minimum atomic E-state index is -3.51. The summed E-state index contributed by atoms with van der Waals surface area (Å²) in [6.07, 6.45) is 0. The normalized spacial score (nSPS) is 13.0. The molecule has 0 aliphatic heterocycles. The fraction of sp³-hybridized carbons (Fsp3) is 0.312. The van der Waals surface area contributed by atoms with Crippen molar-refractivity contribution in [2.45, 2.75) is 17.9 Å². The first kappa shape index (κ1) is 18.6. The summed E-state index contributed by atoms with van der Waals surface area (Å²) in [5, 5.41) is 6.70. The number of carbonyl (C=O) groups excluding carboxylic acids is 1. The third kappa shape index (κ3) is 4.64. The second-order valence-corrected chi connectivity index (χ2v) is 8.74. The Labute approximate surface area is 146 Å². The van der Waals surface area contributed by atoms with Gasteiger partial charge in [0.1, 0.15) is 6.04 Å². The van der Waals surface area contributed by atoms with Crippen LogP contribution in [0.3, 0.4) is 0 Å². The van der Waals surface area contributed by atoms with Gasteiger partial charge in [-0.1, -0.05) is 12.1 Å². The van der Waals surface area contributed by atoms with E-state index in [4.69, 9.17) is 0 Å². The van der Waals surface area contributed by atoms with Crippen LogP contribution in [0, 0.1) is 0 Å². The number of amides is 1. The van der Waals surface area contributed by atoms with Crippen LogP contribution in [0.25, 0.3) is 0 Å². The molecule has 8 heteroatoms. The highest BCUT2D eigenvalue weighted by Crippen LogP contribution is 2.18. The van der Waals surface area contributed by atoms with Crippen molar-refractivity contribution in [2.75, 3.05) is 26.0 Å². The van der Waals surface area contributed by atoms with E-state index < -0.39 is 10.0 Å². The van der Waals surface area contributed by atoms with Crippen LogP contribution >= 0.6 is 11.3 Å². The molecule has 0 saturated carbocycles. The summed E-state index contributed by atoms with van der Waals surface area (Å²) in [5.74, 6) is -0.169. The minimum Gasteiger partial charge on any atom is -0.332 e. The lowest BCUT2D eigenvalue weighted by atomic mass is 10.2. The van der Waals surface area contributed by atoms with Crippen molar-refractivity contribution < 1.29 is 18.5 Å². The molecule has 0 radical (unpaired) electrons. The number of sulfonamides is 1. The summed E-state index contributed by atoms with van der Waals surface area (Å²) in [4.78, 5) is 13.4. The number of thiophene rings is 1. The molecule has 2 aromatic rings. The zero-order valence-electron chi connectivity index (χ0n) is 13.9. The van der Waals surface area contributed by atoms with Crippen LogP contribution in [-0.4, -0.2) is 39.3 Å². The highest BCUT2D eigenvalue weighted by atomic mass is 32.2. The first-order valence-corrected chi connectivity index (χ1v) is 9.82. The van der Waals surface area contributed by atoms with E-state index in [-0.39, 0.29) is 23.4 Å². The van der Waals surface area contributed by atoms with Crippen LogP contribution in [-0.2, 0) is 14.8 Å². The maximum absolute atomic E-state index is 12.1. The molecular formula is C16H22N3O3S2+. The van der Waals surface area contributed by atoms with Gasteiger partial charge in [-0.25, -0.2) is 12.7 Å². The second kappa shape index (κ2) is 7.89. The van der Waals surface area contributed by atoms with Gasteiger partial charge in [0.2, 0.25) is 10.0 Å². The molecule has 0 saturated heterocycles. The molecule has 1 atom stereocenters. The van der Waals surface area contributed by atoms with E-state index >= 15 is 0 Å². The van der Waals surface area contributed by atoms with Crippen molar-refractivity contribution in [3.63, 3.8) is 0 Å². The molecule has 1 heterocycles. The monoisotopic (exact) mass is 368 g/mol. The largest absolute Gasteiger partial charge is 0.332 e. The number of carbonyl (C=O) groups is 1. The molecule has 0 bridgehead atoms. The highest BCUT2D eigenvalue weighted by Gasteiger charge is 2.18. The van der Waals surface area contributed by atoms with E-state index in [1.54, 1.807) is 23.5 Å². The SMILES string of the molecule is C[C@H]([NH2+]CC(=O)Nc1cccc(S(=O)(=O)N(C)C)c1)c1cccs1. The van der Waals surface area contributed by atoms with Crippen LogP contribution in [0.2, 0.25) is 0 Å². The van der Waals surface area contributed by atoms with Crippen LogP contribution in [0.15, 0.2) is 46.7 Å². The number of rotatable bonds is 7. The number of benzene rings is 1. The number of nitrogens with two attached hydrogens (primary N) is 1. The third-order valence-corrected chi connectivity index (χ3v) is 6.43. The predicted molar refractivity (Wildman–Crippen MR) is 95.5 cm³/mol. The number of nitrogens with zero attached hydrogens (tertiary/aromatic N) is 1. The van der Waals surface area contributed by atoms with Crippen LogP contribution < -0.4 is 10.6 Å². The van der Waals surface area contributed by atoms with Crippen LogP contribution in [0.4, 0.5) is 5.69 Å². The van der Waals surface area contributed by atoms with E-state index in [0.717, 1.165) is 4.31 Å². The van der Waals surface area contributed by atoms with Crippen LogP contribution in [0.1, 0.15) is 17.8 Å². The van der Waals surface area contributed by atoms with Gasteiger partial charge in [0.25, 0.3) is 5.91 Å². The summed E-state index contributed by atoms with van der Waals surface area (Å²) in [5.41, 5.74) is 0.472. The van der Waals surface area contributed by atoms with E-state index in [0.29, 0.717) is 5.69 Å². The Morgan fingerprint density at radius 3 is 2.67 bits per heavy atom. The highest BCUT2D eigenvalue weighted by molar-refractivity contribution is 7.89. The molecule has 3 N–H and O–H groups in total. The smallest absolute Gasteiger partial charge is 0.279 e. The second-order valence-electron chi connectivity index (χ2n) is 5.61. The predicted octanol–water partition coefficient (Wildman–Crippen LogP) is 1.26. The summed E-state index contributed by atoms with van der Waals surface area (Å²) in [6, 6.07) is 10.5. The van der Waals surface area contributed by atoms with Gasteiger partial charge >= 0.3 is 0 Å². The Kier molecular flexibility index (Phi) is 6.11. The number of nitrogens with one attached hydrogen (secondary N) is 1. The molecule has 2 rings (SSSR count). The van der Waals surface area contributed by atoms with Gasteiger partial charge in [0, 0.05) is 19.8 Å². The van der Waals surface area contributed by atoms with Crippen molar-refractivity contribution in [3.8, 4) is 0 Å². The standard InChI is InChI=1S/C16H21N3O3S2/c1-12(15-8-5-9-23-15)17-11-16(20)18-13-6-4-7-14(10-13)24(21,22)19(2)3/h4-10,12,17H,11H2,1-3H3,(H,18,20)/p+1/t12-/m0/s1. The molecule has 1 amide bonds. The summed E-state index contributed by atoms with van der Waals surface area (Å²) in [7, 11) is -0.567. The Hall–Kier alpha value is -1.74. The molecule has 0 aliphatic carbocycles. The van der Waals surface area contributed by atoms with Crippen molar-refractivity contribution >= 4 is 33.0 Å². The van der Waals surface area contributed by atoms with E-state index in [2.05, 4.69) is 5.32 Å². The van der Waals surface area contributed by atoms with Gasteiger partial charge in [-0.05, 0) is 36.6 Å². The molecule has 0 unspecified atom stereocenters. The molecule has 0 fully saturated rings. The van der Waals surface area contributed by atoms with Crippen molar-refractivity contribution in [2.24, 2.45) is 0 Å². The average molecular weight is 369 g/mol. The first-order chi connectivity index (χ1) is 11.3. The van der Waals surface area contributed by atoms with Crippen molar-refractivity contribution in [1.82, 2.24) is 4.31 Å². The van der Waals surface area contributed by atoms with Gasteiger partial charge in [-0.15, -0.1) is 11.3 Å². The van der Waals surface area contributed by atoms with E-state index in [1.165, 1.54) is 31.1 Å². The first-order valence-electron chi connectivity index (χ1n) is 7.50. The lowest BCUT2D eigenvalue weighted by Crippen LogP contribution is -2.86. The van der Waals surface area contributed by atoms with Gasteiger partial charge in [0.15, 0.2) is 6.54 Å². The van der Waals surface area contributed by atoms with E-state index in [9.17, 15) is 13.2 Å². The quantitative estimate of drug-likeness (QED) is 0.772. The average Bonchev–Trinajstić information content (AvgIpc) is 3.07. The molecule has 0 aliphatic rings. The van der Waals surface area contributed by atoms with Gasteiger partial charge < -0.3 is 10.6 Å². The van der Waals surface area contributed by atoms with Crippen LogP contribution in [0.5, 0.6) is 0 Å². The fourth-order valence-electron chi connectivity index (χ4n) is 2.11. The molecule has 0 spiro atoms. The Bertz CT molecular complexity index is 787. The number of hydrogen-bond acceptors (Lipinski definition) is 4. The summed E-state index contributed by atoms with van der Waals surface area (Å²) >= 11 is 1.66. The number of quaternary nitrogens is 1. The fourth-order valence-corrected chi connectivity index (χ4v) is 3.84. The molecule has 1 aromatic carbocycles. The molecule has 24 heavy (non-hydrogen) atoms. The lowest BCUT2D eigenvalue weighted by Gasteiger charge is -2.13. The lowest BCUT2D eigenvalue weighted by molar-refractivity contribution is -0.681. The minimum absolute atomic E-state index is 0.154. The van der Waals surface area contributed by atoms with E-state index in [1.807, 2.05) is 29.8 Å². The van der Waals surface area contributed by atoms with Crippen molar-refractivity contribution in [3.05, 3.63) is 46.7 Å². The maximum Gasteiger partial charge on any atom is 0.279 e. The Morgan fingerprint density at radius 1 is 1.29 bits per heavy atom. The van der Waals surface area contributed by atoms with Gasteiger partial charge in [-0.2, -0.15) is 0 Å². The zero-order valence-corrected chi connectivity index (χ0v) is 15.5. The Balaban J connectivity index is 1.97. The molecule has 6 nitrogen and oxygen atoms in total. The van der Waals surface area contributed by atoms with Gasteiger partial charge in [-0.3, -0.25) is 4.79 Å². The zero-order chi connectivity index (χ0) is 17.7. The molecule has 130 valence electrons. The number of hydrogen-bond donors (Lipinski definition) is 2. The van der Waals surface area contributed by atoms with Gasteiger partial charge in [0.05, 0.1) is 9.77 Å². The summed E-state index contributed by atoms with van der Waals surface area (Å²) < 4.78 is 25.4.